The summed E-state index contributed by atoms with van der Waals surface area (Å²) in [5, 5.41) is 3.87. The van der Waals surface area contributed by atoms with Crippen molar-refractivity contribution < 1.29 is 0 Å². The number of rotatable bonds is 5. The Hall–Kier alpha value is -0.0800. The molecule has 0 aromatic rings. The van der Waals surface area contributed by atoms with Gasteiger partial charge in [0.2, 0.25) is 0 Å². The fourth-order valence-corrected chi connectivity index (χ4v) is 4.06. The van der Waals surface area contributed by atoms with E-state index in [1.54, 1.807) is 0 Å². The molecule has 0 spiro atoms. The van der Waals surface area contributed by atoms with Gasteiger partial charge in [-0.05, 0) is 57.5 Å². The quantitative estimate of drug-likeness (QED) is 0.819. The highest BCUT2D eigenvalue weighted by Crippen LogP contribution is 2.37. The van der Waals surface area contributed by atoms with Gasteiger partial charge in [0.1, 0.15) is 0 Å². The molecule has 1 N–H and O–H groups in total. The number of nitrogens with one attached hydrogen (secondary N) is 1. The molecule has 0 bridgehead atoms. The summed E-state index contributed by atoms with van der Waals surface area (Å²) in [6, 6.07) is 0.793. The van der Waals surface area contributed by atoms with Crippen LogP contribution < -0.4 is 5.32 Å². The van der Waals surface area contributed by atoms with Gasteiger partial charge < -0.3 is 10.2 Å². The van der Waals surface area contributed by atoms with E-state index >= 15 is 0 Å². The summed E-state index contributed by atoms with van der Waals surface area (Å²) >= 11 is 0. The molecule has 0 saturated heterocycles. The van der Waals surface area contributed by atoms with Crippen molar-refractivity contribution >= 4 is 0 Å². The SMILES string of the molecule is CC1CCCC(CNC2CC(C(C)C)C2)(N(C)C)C1. The minimum Gasteiger partial charge on any atom is -0.312 e. The van der Waals surface area contributed by atoms with Crippen LogP contribution in [0.25, 0.3) is 0 Å². The van der Waals surface area contributed by atoms with Crippen molar-refractivity contribution in [3.63, 3.8) is 0 Å². The minimum atomic E-state index is 0.417. The molecule has 2 nitrogen and oxygen atoms in total. The Labute approximate surface area is 120 Å². The highest BCUT2D eigenvalue weighted by atomic mass is 15.2. The van der Waals surface area contributed by atoms with Crippen LogP contribution in [0.1, 0.15) is 59.3 Å². The minimum absolute atomic E-state index is 0.417. The van der Waals surface area contributed by atoms with E-state index in [0.717, 1.165) is 23.8 Å². The van der Waals surface area contributed by atoms with Crippen LogP contribution >= 0.6 is 0 Å². The highest BCUT2D eigenvalue weighted by molar-refractivity contribution is 4.97. The van der Waals surface area contributed by atoms with E-state index in [1.807, 2.05) is 0 Å². The average molecular weight is 266 g/mol. The second-order valence-corrected chi connectivity index (χ2v) is 7.87. The van der Waals surface area contributed by atoms with Crippen LogP contribution in [0.4, 0.5) is 0 Å². The molecule has 0 radical (unpaired) electrons. The summed E-state index contributed by atoms with van der Waals surface area (Å²) in [4.78, 5) is 2.49. The zero-order valence-electron chi connectivity index (χ0n) is 13.7. The third-order valence-corrected chi connectivity index (χ3v) is 5.85. The molecule has 2 saturated carbocycles. The van der Waals surface area contributed by atoms with Gasteiger partial charge in [0, 0.05) is 18.1 Å². The smallest absolute Gasteiger partial charge is 0.0330 e. The van der Waals surface area contributed by atoms with Gasteiger partial charge in [-0.25, -0.2) is 0 Å². The molecule has 0 aliphatic heterocycles. The van der Waals surface area contributed by atoms with Crippen LogP contribution in [0, 0.1) is 17.8 Å². The molecule has 112 valence electrons. The van der Waals surface area contributed by atoms with Gasteiger partial charge in [-0.15, -0.1) is 0 Å². The number of hydrogen-bond donors (Lipinski definition) is 1. The molecular formula is C17H34N2. The van der Waals surface area contributed by atoms with Crippen molar-refractivity contribution in [3.8, 4) is 0 Å². The molecule has 2 fully saturated rings. The maximum absolute atomic E-state index is 3.87. The molecule has 0 aromatic carbocycles. The Bertz CT molecular complexity index is 281. The Kier molecular flexibility index (Phi) is 4.94. The van der Waals surface area contributed by atoms with Gasteiger partial charge in [0.25, 0.3) is 0 Å². The maximum Gasteiger partial charge on any atom is 0.0330 e. The topological polar surface area (TPSA) is 15.3 Å². The van der Waals surface area contributed by atoms with Crippen molar-refractivity contribution in [1.82, 2.24) is 10.2 Å². The van der Waals surface area contributed by atoms with E-state index in [1.165, 1.54) is 45.1 Å². The van der Waals surface area contributed by atoms with E-state index in [9.17, 15) is 0 Å². The molecule has 2 heteroatoms. The predicted molar refractivity (Wildman–Crippen MR) is 83.4 cm³/mol. The van der Waals surface area contributed by atoms with Crippen LogP contribution in [0.15, 0.2) is 0 Å². The maximum atomic E-state index is 3.87. The average Bonchev–Trinajstić information content (AvgIpc) is 2.26. The Morgan fingerprint density at radius 3 is 2.47 bits per heavy atom. The second-order valence-electron chi connectivity index (χ2n) is 7.87. The third kappa shape index (κ3) is 3.52. The van der Waals surface area contributed by atoms with Gasteiger partial charge in [-0.3, -0.25) is 0 Å². The lowest BCUT2D eigenvalue weighted by atomic mass is 9.72. The van der Waals surface area contributed by atoms with Crippen LogP contribution in [0.3, 0.4) is 0 Å². The summed E-state index contributed by atoms with van der Waals surface area (Å²) in [6.07, 6.45) is 8.37. The van der Waals surface area contributed by atoms with Crippen molar-refractivity contribution in [2.75, 3.05) is 20.6 Å². The third-order valence-electron chi connectivity index (χ3n) is 5.85. The zero-order chi connectivity index (χ0) is 14.0. The van der Waals surface area contributed by atoms with Gasteiger partial charge >= 0.3 is 0 Å². The first-order valence-corrected chi connectivity index (χ1v) is 8.34. The molecule has 2 unspecified atom stereocenters. The first-order chi connectivity index (χ1) is 8.93. The van der Waals surface area contributed by atoms with Gasteiger partial charge in [0.05, 0.1) is 0 Å². The number of nitrogens with zero attached hydrogens (tertiary/aromatic N) is 1. The molecule has 2 aliphatic carbocycles. The van der Waals surface area contributed by atoms with Crippen LogP contribution in [0.2, 0.25) is 0 Å². The summed E-state index contributed by atoms with van der Waals surface area (Å²) in [6.45, 7) is 8.35. The van der Waals surface area contributed by atoms with Crippen LogP contribution in [-0.2, 0) is 0 Å². The molecule has 0 heterocycles. The monoisotopic (exact) mass is 266 g/mol. The predicted octanol–water partition coefficient (Wildman–Crippen LogP) is 3.52. The largest absolute Gasteiger partial charge is 0.312 e. The normalized spacial score (nSPS) is 39.6. The molecule has 2 atom stereocenters. The fraction of sp³-hybridized carbons (Fsp3) is 1.00. The standard InChI is InChI=1S/C17H34N2/c1-13(2)15-9-16(10-15)18-12-17(19(4)5)8-6-7-14(3)11-17/h13-16,18H,6-12H2,1-5H3. The van der Waals surface area contributed by atoms with Gasteiger partial charge in [-0.1, -0.05) is 33.6 Å². The molecule has 0 amide bonds. The first kappa shape index (κ1) is 15.3. The Balaban J connectivity index is 1.82. The summed E-state index contributed by atoms with van der Waals surface area (Å²) in [5.74, 6) is 2.73. The second kappa shape index (κ2) is 6.13. The van der Waals surface area contributed by atoms with Crippen molar-refractivity contribution in [1.29, 1.82) is 0 Å². The lowest BCUT2D eigenvalue weighted by Crippen LogP contribution is -2.57. The van der Waals surface area contributed by atoms with E-state index in [0.29, 0.717) is 5.54 Å². The summed E-state index contributed by atoms with van der Waals surface area (Å²) < 4.78 is 0. The number of hydrogen-bond acceptors (Lipinski definition) is 2. The van der Waals surface area contributed by atoms with Crippen molar-refractivity contribution in [2.24, 2.45) is 17.8 Å². The Morgan fingerprint density at radius 1 is 1.26 bits per heavy atom. The Morgan fingerprint density at radius 2 is 1.95 bits per heavy atom. The van der Waals surface area contributed by atoms with E-state index < -0.39 is 0 Å². The summed E-state index contributed by atoms with van der Waals surface area (Å²) in [7, 11) is 4.55. The molecule has 0 aromatic heterocycles. The molecular weight excluding hydrogens is 232 g/mol. The first-order valence-electron chi connectivity index (χ1n) is 8.34. The molecule has 2 aliphatic rings. The van der Waals surface area contributed by atoms with Crippen molar-refractivity contribution in [3.05, 3.63) is 0 Å². The zero-order valence-corrected chi connectivity index (χ0v) is 13.7. The van der Waals surface area contributed by atoms with E-state index in [-0.39, 0.29) is 0 Å². The highest BCUT2D eigenvalue weighted by Gasteiger charge is 2.38. The van der Waals surface area contributed by atoms with Crippen LogP contribution in [-0.4, -0.2) is 37.1 Å². The van der Waals surface area contributed by atoms with Crippen LogP contribution in [0.5, 0.6) is 0 Å². The van der Waals surface area contributed by atoms with Crippen molar-refractivity contribution in [2.45, 2.75) is 70.9 Å². The summed E-state index contributed by atoms with van der Waals surface area (Å²) in [5.41, 5.74) is 0.417. The van der Waals surface area contributed by atoms with E-state index in [2.05, 4.69) is 45.1 Å². The molecule has 2 rings (SSSR count). The lowest BCUT2D eigenvalue weighted by molar-refractivity contribution is 0.0609. The van der Waals surface area contributed by atoms with Gasteiger partial charge in [0.15, 0.2) is 0 Å². The van der Waals surface area contributed by atoms with E-state index in [4.69, 9.17) is 0 Å². The number of likely N-dealkylation sites (N-methyl/N-ethyl adjacent to an activating group) is 1. The molecule has 19 heavy (non-hydrogen) atoms. The fourth-order valence-electron chi connectivity index (χ4n) is 4.06. The van der Waals surface area contributed by atoms with Gasteiger partial charge in [-0.2, -0.15) is 0 Å². The lowest BCUT2D eigenvalue weighted by Gasteiger charge is -2.48.